The first-order chi connectivity index (χ1) is 21.2. The van der Waals surface area contributed by atoms with Crippen LogP contribution >= 0.6 is 0 Å². The number of hydrogen-bond acceptors (Lipinski definition) is 8. The molecule has 0 bridgehead atoms. The van der Waals surface area contributed by atoms with Gasteiger partial charge in [0, 0.05) is 0 Å². The summed E-state index contributed by atoms with van der Waals surface area (Å²) in [6.45, 7) is 4.08. The van der Waals surface area contributed by atoms with Crippen LogP contribution in [0.3, 0.4) is 0 Å². The summed E-state index contributed by atoms with van der Waals surface area (Å²) in [5.41, 5.74) is 2.93. The molecule has 0 amide bonds. The fourth-order valence-corrected chi connectivity index (χ4v) is 4.22. The van der Waals surface area contributed by atoms with Crippen molar-refractivity contribution in [1.82, 2.24) is 0 Å². The minimum absolute atomic E-state index is 0.280. The zero-order valence-corrected chi connectivity index (χ0v) is 25.0. The molecule has 0 saturated carbocycles. The molecule has 44 heavy (non-hydrogen) atoms. The van der Waals surface area contributed by atoms with E-state index in [4.69, 9.17) is 18.9 Å². The van der Waals surface area contributed by atoms with Crippen molar-refractivity contribution < 1.29 is 38.7 Å². The Bertz CT molecular complexity index is 1340. The molecule has 2 N–H and O–H groups in total. The van der Waals surface area contributed by atoms with E-state index in [9.17, 15) is 19.8 Å². The predicted molar refractivity (Wildman–Crippen MR) is 167 cm³/mol. The van der Waals surface area contributed by atoms with Gasteiger partial charge in [-0.3, -0.25) is 0 Å². The first-order valence-corrected chi connectivity index (χ1v) is 14.7. The first kappa shape index (κ1) is 32.3. The number of carbonyl (C=O) groups is 2. The highest BCUT2D eigenvalue weighted by Gasteiger charge is 2.11. The zero-order chi connectivity index (χ0) is 31.3. The van der Waals surface area contributed by atoms with Gasteiger partial charge in [0.15, 0.2) is 0 Å². The maximum absolute atomic E-state index is 12.5. The molecule has 0 saturated heterocycles. The smallest absolute Gasteiger partial charge is 0.343 e. The van der Waals surface area contributed by atoms with Gasteiger partial charge >= 0.3 is 11.9 Å². The van der Waals surface area contributed by atoms with Crippen LogP contribution in [0.2, 0.25) is 0 Å². The molecule has 8 heteroatoms. The summed E-state index contributed by atoms with van der Waals surface area (Å²) in [6, 6.07) is 27.8. The number of hydrogen-bond donors (Lipinski definition) is 2. The summed E-state index contributed by atoms with van der Waals surface area (Å²) in [5, 5.41) is 18.8. The van der Waals surface area contributed by atoms with Crippen LogP contribution in [0.25, 0.3) is 0 Å². The average Bonchev–Trinajstić information content (AvgIpc) is 3.03. The fourth-order valence-electron chi connectivity index (χ4n) is 4.22. The van der Waals surface area contributed by atoms with E-state index in [0.717, 1.165) is 24.0 Å². The van der Waals surface area contributed by atoms with Crippen molar-refractivity contribution >= 4 is 11.9 Å². The molecule has 4 aromatic carbocycles. The quantitative estimate of drug-likeness (QED) is 0.0944. The molecule has 8 nitrogen and oxygen atoms in total. The molecule has 4 aromatic rings. The summed E-state index contributed by atoms with van der Waals surface area (Å²) < 4.78 is 22.3. The molecule has 4 rings (SSSR count). The Morgan fingerprint density at radius 2 is 0.841 bits per heavy atom. The Hall–Kier alpha value is -4.66. The highest BCUT2D eigenvalue weighted by atomic mass is 16.5. The number of ether oxygens (including phenoxy) is 4. The monoisotopic (exact) mass is 598 g/mol. The van der Waals surface area contributed by atoms with E-state index in [1.165, 1.54) is 0 Å². The Morgan fingerprint density at radius 3 is 1.16 bits per heavy atom. The summed E-state index contributed by atoms with van der Waals surface area (Å²) in [6.07, 6.45) is 2.15. The van der Waals surface area contributed by atoms with Crippen molar-refractivity contribution in [2.45, 2.75) is 51.7 Å². The number of aliphatic hydroxyl groups excluding tert-OH is 2. The topological polar surface area (TPSA) is 112 Å². The van der Waals surface area contributed by atoms with Gasteiger partial charge in [0.2, 0.25) is 0 Å². The van der Waals surface area contributed by atoms with E-state index in [0.29, 0.717) is 47.0 Å². The Kier molecular flexibility index (Phi) is 11.9. The number of aryl methyl sites for hydroxylation is 2. The van der Waals surface area contributed by atoms with Gasteiger partial charge in [-0.1, -0.05) is 24.3 Å². The second-order valence-electron chi connectivity index (χ2n) is 10.6. The van der Waals surface area contributed by atoms with Gasteiger partial charge in [-0.25, -0.2) is 9.59 Å². The van der Waals surface area contributed by atoms with E-state index >= 15 is 0 Å². The van der Waals surface area contributed by atoms with Gasteiger partial charge in [0.05, 0.1) is 23.3 Å². The predicted octanol–water partition coefficient (Wildman–Crippen LogP) is 6.21. The number of carbonyl (C=O) groups excluding carboxylic acids is 2. The first-order valence-electron chi connectivity index (χ1n) is 14.7. The van der Waals surface area contributed by atoms with Crippen LogP contribution in [0.5, 0.6) is 23.0 Å². The standard InChI is InChI=1S/C36H38O8/c1-25(37)3-5-27-7-15-33(16-8-27)43-35(39)29-11-19-31(20-12-29)41-23-24-42-32-21-13-30(14-22-32)36(40)44-34-17-9-28(10-18-34)6-4-26(2)38/h7-22,25-26,37-38H,3-6,23-24H2,1-2H3. The lowest BCUT2D eigenvalue weighted by molar-refractivity contribution is 0.0725. The van der Waals surface area contributed by atoms with Gasteiger partial charge in [-0.05, 0) is 123 Å². The van der Waals surface area contributed by atoms with Crippen LogP contribution in [0, 0.1) is 0 Å². The lowest BCUT2D eigenvalue weighted by Crippen LogP contribution is -2.11. The van der Waals surface area contributed by atoms with Gasteiger partial charge in [0.1, 0.15) is 36.2 Å². The molecule has 0 aliphatic heterocycles. The highest BCUT2D eigenvalue weighted by Crippen LogP contribution is 2.20. The highest BCUT2D eigenvalue weighted by molar-refractivity contribution is 5.91. The van der Waals surface area contributed by atoms with Gasteiger partial charge in [0.25, 0.3) is 0 Å². The lowest BCUT2D eigenvalue weighted by atomic mass is 10.1. The van der Waals surface area contributed by atoms with E-state index < -0.39 is 11.9 Å². The maximum atomic E-state index is 12.5. The molecule has 2 unspecified atom stereocenters. The fraction of sp³-hybridized carbons (Fsp3) is 0.278. The largest absolute Gasteiger partial charge is 0.490 e. The maximum Gasteiger partial charge on any atom is 0.343 e. The van der Waals surface area contributed by atoms with E-state index in [1.54, 1.807) is 86.6 Å². The molecule has 2 atom stereocenters. The second-order valence-corrected chi connectivity index (χ2v) is 10.6. The Balaban J connectivity index is 1.16. The number of esters is 2. The van der Waals surface area contributed by atoms with Crippen LogP contribution in [0.15, 0.2) is 97.1 Å². The van der Waals surface area contributed by atoms with Crippen molar-refractivity contribution in [3.63, 3.8) is 0 Å². The molecule has 0 spiro atoms. The Morgan fingerprint density at radius 1 is 0.523 bits per heavy atom. The van der Waals surface area contributed by atoms with Crippen molar-refractivity contribution in [2.24, 2.45) is 0 Å². The number of rotatable bonds is 15. The third-order valence-electron chi connectivity index (χ3n) is 6.77. The minimum atomic E-state index is -0.467. The van der Waals surface area contributed by atoms with Gasteiger partial charge < -0.3 is 29.2 Å². The summed E-state index contributed by atoms with van der Waals surface area (Å²) in [7, 11) is 0. The third kappa shape index (κ3) is 10.6. The van der Waals surface area contributed by atoms with Crippen molar-refractivity contribution in [3.8, 4) is 23.0 Å². The third-order valence-corrected chi connectivity index (χ3v) is 6.77. The van der Waals surface area contributed by atoms with Crippen molar-refractivity contribution in [2.75, 3.05) is 13.2 Å². The molecular formula is C36H38O8. The van der Waals surface area contributed by atoms with Crippen LogP contribution in [-0.4, -0.2) is 47.6 Å². The van der Waals surface area contributed by atoms with E-state index in [1.807, 2.05) is 24.3 Å². The second kappa shape index (κ2) is 16.3. The van der Waals surface area contributed by atoms with E-state index in [2.05, 4.69) is 0 Å². The molecule has 0 fully saturated rings. The number of benzene rings is 4. The zero-order valence-electron chi connectivity index (χ0n) is 25.0. The minimum Gasteiger partial charge on any atom is -0.490 e. The lowest BCUT2D eigenvalue weighted by Gasteiger charge is -2.10. The number of aliphatic hydroxyl groups is 2. The van der Waals surface area contributed by atoms with Crippen molar-refractivity contribution in [3.05, 3.63) is 119 Å². The molecule has 0 aliphatic carbocycles. The molecule has 0 aromatic heterocycles. The van der Waals surface area contributed by atoms with Crippen LogP contribution in [0.4, 0.5) is 0 Å². The van der Waals surface area contributed by atoms with Crippen LogP contribution < -0.4 is 18.9 Å². The molecule has 0 aliphatic rings. The van der Waals surface area contributed by atoms with Gasteiger partial charge in [-0.15, -0.1) is 0 Å². The SMILES string of the molecule is CC(O)CCc1ccc(OC(=O)c2ccc(OCCOc3ccc(C(=O)Oc4ccc(CCC(C)O)cc4)cc3)cc2)cc1. The molecule has 230 valence electrons. The van der Waals surface area contributed by atoms with Crippen LogP contribution in [-0.2, 0) is 12.8 Å². The summed E-state index contributed by atoms with van der Waals surface area (Å²) in [4.78, 5) is 25.0. The van der Waals surface area contributed by atoms with Crippen LogP contribution in [0.1, 0.15) is 58.5 Å². The normalized spacial score (nSPS) is 12.2. The van der Waals surface area contributed by atoms with E-state index in [-0.39, 0.29) is 25.4 Å². The molecule has 0 heterocycles. The molecule has 0 radical (unpaired) electrons. The summed E-state index contributed by atoms with van der Waals surface area (Å²) in [5.74, 6) is 1.14. The average molecular weight is 599 g/mol. The van der Waals surface area contributed by atoms with Gasteiger partial charge in [-0.2, -0.15) is 0 Å². The van der Waals surface area contributed by atoms with Crippen molar-refractivity contribution in [1.29, 1.82) is 0 Å². The Labute approximate surface area is 257 Å². The summed E-state index contributed by atoms with van der Waals surface area (Å²) >= 11 is 0. The molecular weight excluding hydrogens is 560 g/mol.